The minimum atomic E-state index is 0.492. The van der Waals surface area contributed by atoms with Crippen molar-refractivity contribution < 1.29 is 0 Å². The third-order valence-electron chi connectivity index (χ3n) is 5.21. The van der Waals surface area contributed by atoms with Gasteiger partial charge in [-0.3, -0.25) is 0 Å². The van der Waals surface area contributed by atoms with E-state index in [0.717, 1.165) is 6.04 Å². The van der Waals surface area contributed by atoms with Crippen molar-refractivity contribution in [2.75, 3.05) is 46.3 Å². The van der Waals surface area contributed by atoms with Crippen molar-refractivity contribution in [3.63, 3.8) is 0 Å². The zero-order chi connectivity index (χ0) is 13.7. The van der Waals surface area contributed by atoms with Gasteiger partial charge in [0, 0.05) is 32.2 Å². The van der Waals surface area contributed by atoms with Crippen LogP contribution in [0, 0.1) is 5.41 Å². The van der Waals surface area contributed by atoms with Crippen LogP contribution >= 0.6 is 0 Å². The first-order chi connectivity index (χ1) is 9.17. The maximum atomic E-state index is 3.78. The summed E-state index contributed by atoms with van der Waals surface area (Å²) in [7, 11) is 2.26. The Morgan fingerprint density at radius 2 is 1.79 bits per heavy atom. The van der Waals surface area contributed by atoms with Crippen molar-refractivity contribution in [2.45, 2.75) is 52.0 Å². The first-order valence-electron chi connectivity index (χ1n) is 8.32. The summed E-state index contributed by atoms with van der Waals surface area (Å²) in [4.78, 5) is 5.19. The average molecular weight is 267 g/mol. The Morgan fingerprint density at radius 1 is 1.05 bits per heavy atom. The Hall–Kier alpha value is -0.120. The molecule has 19 heavy (non-hydrogen) atoms. The molecule has 0 aromatic rings. The lowest BCUT2D eigenvalue weighted by Gasteiger charge is -2.37. The molecule has 2 aliphatic rings. The van der Waals surface area contributed by atoms with Gasteiger partial charge >= 0.3 is 0 Å². The normalized spacial score (nSPS) is 23.5. The molecule has 0 radical (unpaired) electrons. The summed E-state index contributed by atoms with van der Waals surface area (Å²) in [6, 6.07) is 0.841. The quantitative estimate of drug-likeness (QED) is 0.763. The maximum Gasteiger partial charge on any atom is 0.0109 e. The van der Waals surface area contributed by atoms with E-state index in [-0.39, 0.29) is 0 Å². The maximum absolute atomic E-state index is 3.78. The van der Waals surface area contributed by atoms with E-state index in [2.05, 4.69) is 36.0 Å². The number of hydrogen-bond donors (Lipinski definition) is 1. The van der Waals surface area contributed by atoms with E-state index < -0.39 is 0 Å². The Labute approximate surface area is 119 Å². The average Bonchev–Trinajstić information content (AvgIpc) is 3.24. The highest BCUT2D eigenvalue weighted by molar-refractivity contribution is 4.89. The number of hydrogen-bond acceptors (Lipinski definition) is 3. The van der Waals surface area contributed by atoms with Crippen LogP contribution in [0.1, 0.15) is 46.0 Å². The molecule has 1 aliphatic carbocycles. The molecule has 0 bridgehead atoms. The van der Waals surface area contributed by atoms with Gasteiger partial charge in [-0.25, -0.2) is 0 Å². The molecule has 0 atom stereocenters. The molecule has 1 N–H and O–H groups in total. The molecule has 2 rings (SSSR count). The van der Waals surface area contributed by atoms with Crippen LogP contribution in [0.25, 0.3) is 0 Å². The van der Waals surface area contributed by atoms with Crippen LogP contribution in [-0.2, 0) is 0 Å². The topological polar surface area (TPSA) is 18.5 Å². The van der Waals surface area contributed by atoms with Crippen molar-refractivity contribution in [3.8, 4) is 0 Å². The van der Waals surface area contributed by atoms with E-state index >= 15 is 0 Å². The lowest BCUT2D eigenvalue weighted by atomic mass is 9.81. The number of likely N-dealkylation sites (N-methyl/N-ethyl adjacent to an activating group) is 1. The van der Waals surface area contributed by atoms with Gasteiger partial charge < -0.3 is 15.1 Å². The molecular weight excluding hydrogens is 234 g/mol. The summed E-state index contributed by atoms with van der Waals surface area (Å²) in [5, 5.41) is 3.78. The zero-order valence-electron chi connectivity index (χ0n) is 13.2. The lowest BCUT2D eigenvalue weighted by Crippen LogP contribution is -2.45. The van der Waals surface area contributed by atoms with Crippen molar-refractivity contribution in [2.24, 2.45) is 5.41 Å². The van der Waals surface area contributed by atoms with Crippen LogP contribution < -0.4 is 5.32 Å². The van der Waals surface area contributed by atoms with E-state index in [9.17, 15) is 0 Å². The fourth-order valence-electron chi connectivity index (χ4n) is 3.16. The summed E-state index contributed by atoms with van der Waals surface area (Å²) in [6.07, 6.45) is 6.73. The highest BCUT2D eigenvalue weighted by Gasteiger charge is 2.31. The molecule has 3 nitrogen and oxygen atoms in total. The molecule has 0 unspecified atom stereocenters. The number of nitrogens with one attached hydrogen (secondary N) is 1. The Bertz CT molecular complexity index is 259. The summed E-state index contributed by atoms with van der Waals surface area (Å²) in [5.74, 6) is 0. The highest BCUT2D eigenvalue weighted by Crippen LogP contribution is 2.29. The lowest BCUT2D eigenvalue weighted by molar-refractivity contribution is 0.137. The molecule has 112 valence electrons. The first-order valence-corrected chi connectivity index (χ1v) is 8.32. The second-order valence-corrected chi connectivity index (χ2v) is 6.80. The Kier molecular flexibility index (Phi) is 5.67. The molecule has 1 saturated heterocycles. The molecule has 0 spiro atoms. The van der Waals surface area contributed by atoms with E-state index in [0.29, 0.717) is 5.41 Å². The summed E-state index contributed by atoms with van der Waals surface area (Å²) < 4.78 is 0. The van der Waals surface area contributed by atoms with E-state index in [1.165, 1.54) is 71.4 Å². The smallest absolute Gasteiger partial charge is 0.0109 e. The Balaban J connectivity index is 1.86. The second-order valence-electron chi connectivity index (χ2n) is 6.80. The highest BCUT2D eigenvalue weighted by atomic mass is 15.2. The molecular formula is C16H33N3. The largest absolute Gasteiger partial charge is 0.313 e. The van der Waals surface area contributed by atoms with Crippen LogP contribution in [0.15, 0.2) is 0 Å². The minimum absolute atomic E-state index is 0.492. The molecule has 3 heteroatoms. The fourth-order valence-corrected chi connectivity index (χ4v) is 3.16. The third kappa shape index (κ3) is 4.73. The standard InChI is InChI=1S/C16H33N3/c1-4-16(5-2,13-17-15-7-8-15)14-19-10-6-9-18(3)11-12-19/h15,17H,4-14H2,1-3H3. The molecule has 1 aliphatic heterocycles. The van der Waals surface area contributed by atoms with Crippen LogP contribution in [0.2, 0.25) is 0 Å². The Morgan fingerprint density at radius 3 is 2.42 bits per heavy atom. The van der Waals surface area contributed by atoms with E-state index in [1.54, 1.807) is 0 Å². The van der Waals surface area contributed by atoms with Crippen molar-refractivity contribution >= 4 is 0 Å². The van der Waals surface area contributed by atoms with Gasteiger partial charge in [0.1, 0.15) is 0 Å². The van der Waals surface area contributed by atoms with Crippen molar-refractivity contribution in [1.29, 1.82) is 0 Å². The minimum Gasteiger partial charge on any atom is -0.313 e. The van der Waals surface area contributed by atoms with E-state index in [4.69, 9.17) is 0 Å². The summed E-state index contributed by atoms with van der Waals surface area (Å²) >= 11 is 0. The predicted molar refractivity (Wildman–Crippen MR) is 82.6 cm³/mol. The predicted octanol–water partition coefficient (Wildman–Crippen LogP) is 2.18. The van der Waals surface area contributed by atoms with E-state index in [1.807, 2.05) is 0 Å². The van der Waals surface area contributed by atoms with Gasteiger partial charge in [0.15, 0.2) is 0 Å². The van der Waals surface area contributed by atoms with Crippen LogP contribution in [0.3, 0.4) is 0 Å². The van der Waals surface area contributed by atoms with Gasteiger partial charge in [-0.05, 0) is 57.7 Å². The summed E-state index contributed by atoms with van der Waals surface area (Å²) in [6.45, 7) is 12.3. The van der Waals surface area contributed by atoms with Gasteiger partial charge in [-0.1, -0.05) is 13.8 Å². The fraction of sp³-hybridized carbons (Fsp3) is 1.00. The van der Waals surface area contributed by atoms with Gasteiger partial charge in [0.25, 0.3) is 0 Å². The number of rotatable bonds is 7. The van der Waals surface area contributed by atoms with Gasteiger partial charge in [0.05, 0.1) is 0 Å². The molecule has 0 amide bonds. The summed E-state index contributed by atoms with van der Waals surface area (Å²) in [5.41, 5.74) is 0.492. The second kappa shape index (κ2) is 7.05. The SMILES string of the molecule is CCC(CC)(CNC1CC1)CN1CCCN(C)CC1. The van der Waals surface area contributed by atoms with Crippen molar-refractivity contribution in [3.05, 3.63) is 0 Å². The molecule has 2 fully saturated rings. The molecule has 0 aromatic carbocycles. The van der Waals surface area contributed by atoms with Gasteiger partial charge in [-0.15, -0.1) is 0 Å². The molecule has 0 aromatic heterocycles. The molecule has 1 heterocycles. The zero-order valence-corrected chi connectivity index (χ0v) is 13.2. The molecule has 1 saturated carbocycles. The third-order valence-corrected chi connectivity index (χ3v) is 5.21. The van der Waals surface area contributed by atoms with Crippen molar-refractivity contribution in [1.82, 2.24) is 15.1 Å². The van der Waals surface area contributed by atoms with Crippen LogP contribution in [-0.4, -0.2) is 62.2 Å². The van der Waals surface area contributed by atoms with Gasteiger partial charge in [-0.2, -0.15) is 0 Å². The van der Waals surface area contributed by atoms with Crippen LogP contribution in [0.5, 0.6) is 0 Å². The van der Waals surface area contributed by atoms with Crippen LogP contribution in [0.4, 0.5) is 0 Å². The number of nitrogens with zero attached hydrogens (tertiary/aromatic N) is 2. The first kappa shape index (κ1) is 15.3. The monoisotopic (exact) mass is 267 g/mol. The van der Waals surface area contributed by atoms with Gasteiger partial charge in [0.2, 0.25) is 0 Å².